The Balaban J connectivity index is 2.09. The second kappa shape index (κ2) is 4.53. The van der Waals surface area contributed by atoms with Crippen LogP contribution in [0.1, 0.15) is 19.4 Å². The highest BCUT2D eigenvalue weighted by Gasteiger charge is 2.46. The normalized spacial score (nSPS) is 19.0. The average Bonchev–Trinajstić information content (AvgIpc) is 2.80. The predicted molar refractivity (Wildman–Crippen MR) is 67.1 cm³/mol. The monoisotopic (exact) mass is 266 g/mol. The Bertz CT molecular complexity index is 493. The summed E-state index contributed by atoms with van der Waals surface area (Å²) in [5.74, 6) is -0.976. The van der Waals surface area contributed by atoms with Crippen LogP contribution in [0.25, 0.3) is 0 Å². The first-order valence-electron chi connectivity index (χ1n) is 5.61. The van der Waals surface area contributed by atoms with Crippen LogP contribution in [0, 0.1) is 5.41 Å². The van der Waals surface area contributed by atoms with Crippen LogP contribution in [0.5, 0.6) is 0 Å². The van der Waals surface area contributed by atoms with Gasteiger partial charge in [-0.15, -0.1) is 0 Å². The molecule has 1 saturated heterocycles. The molecule has 5 nitrogen and oxygen atoms in total. The Labute approximate surface area is 109 Å². The summed E-state index contributed by atoms with van der Waals surface area (Å²) < 4.78 is 0. The predicted octanol–water partition coefficient (Wildman–Crippen LogP) is 1.40. The van der Waals surface area contributed by atoms with Crippen LogP contribution in [0.3, 0.4) is 0 Å². The number of carbonyl (C=O) groups is 3. The fourth-order valence-electron chi connectivity index (χ4n) is 1.73. The van der Waals surface area contributed by atoms with Crippen molar-refractivity contribution in [2.24, 2.45) is 5.41 Å². The molecular formula is C12H14N2O3S. The quantitative estimate of drug-likeness (QED) is 0.841. The van der Waals surface area contributed by atoms with E-state index in [0.717, 1.165) is 10.5 Å². The Morgan fingerprint density at radius 2 is 2.06 bits per heavy atom. The fraction of sp³-hybridized carbons (Fsp3) is 0.417. The van der Waals surface area contributed by atoms with E-state index in [9.17, 15) is 14.4 Å². The van der Waals surface area contributed by atoms with Crippen molar-refractivity contribution < 1.29 is 14.4 Å². The summed E-state index contributed by atoms with van der Waals surface area (Å²) in [6, 6.07) is 1.33. The number of hydrogen-bond donors (Lipinski definition) is 1. The molecule has 0 radical (unpaired) electrons. The molecule has 1 aliphatic rings. The van der Waals surface area contributed by atoms with Gasteiger partial charge in [0.25, 0.3) is 0 Å². The van der Waals surface area contributed by atoms with Gasteiger partial charge in [-0.25, -0.2) is 4.79 Å². The Morgan fingerprint density at radius 1 is 1.33 bits per heavy atom. The third-order valence-electron chi connectivity index (χ3n) is 3.02. The molecule has 2 heterocycles. The van der Waals surface area contributed by atoms with Gasteiger partial charge in [0.2, 0.25) is 11.8 Å². The lowest BCUT2D eigenvalue weighted by molar-refractivity contribution is -0.148. The zero-order valence-corrected chi connectivity index (χ0v) is 11.0. The van der Waals surface area contributed by atoms with E-state index in [2.05, 4.69) is 5.32 Å². The molecular weight excluding hydrogens is 252 g/mol. The lowest BCUT2D eigenvalue weighted by atomic mass is 9.88. The van der Waals surface area contributed by atoms with Crippen molar-refractivity contribution in [2.45, 2.75) is 20.3 Å². The molecule has 6 heteroatoms. The van der Waals surface area contributed by atoms with Gasteiger partial charge in [-0.05, 0) is 42.7 Å². The maximum atomic E-state index is 12.1. The van der Waals surface area contributed by atoms with Crippen LogP contribution < -0.4 is 5.32 Å². The molecule has 2 rings (SSSR count). The van der Waals surface area contributed by atoms with Gasteiger partial charge in [-0.2, -0.15) is 11.3 Å². The van der Waals surface area contributed by atoms with Crippen LogP contribution >= 0.6 is 11.3 Å². The van der Waals surface area contributed by atoms with Gasteiger partial charge in [0.1, 0.15) is 5.41 Å². The lowest BCUT2D eigenvalue weighted by Crippen LogP contribution is -2.62. The molecule has 0 spiro atoms. The molecule has 18 heavy (non-hydrogen) atoms. The number of urea groups is 1. The second-order valence-corrected chi connectivity index (χ2v) is 5.50. The SMILES string of the molecule is CC1(C)C(=O)NC(=O)N(CCc2ccsc2)C1=O. The van der Waals surface area contributed by atoms with Crippen molar-refractivity contribution >= 4 is 29.2 Å². The van der Waals surface area contributed by atoms with Crippen LogP contribution in [-0.4, -0.2) is 29.3 Å². The summed E-state index contributed by atoms with van der Waals surface area (Å²) in [5.41, 5.74) is -0.0990. The smallest absolute Gasteiger partial charge is 0.277 e. The molecule has 1 fully saturated rings. The van der Waals surface area contributed by atoms with Crippen LogP contribution in [0.2, 0.25) is 0 Å². The summed E-state index contributed by atoms with van der Waals surface area (Å²) in [7, 11) is 0. The zero-order valence-electron chi connectivity index (χ0n) is 10.2. The van der Waals surface area contributed by atoms with Crippen LogP contribution in [0.15, 0.2) is 16.8 Å². The first-order valence-corrected chi connectivity index (χ1v) is 6.55. The summed E-state index contributed by atoms with van der Waals surface area (Å²) in [5, 5.41) is 6.13. The number of nitrogens with zero attached hydrogens (tertiary/aromatic N) is 1. The molecule has 96 valence electrons. The molecule has 1 N–H and O–H groups in total. The first-order chi connectivity index (χ1) is 8.43. The number of rotatable bonds is 3. The van der Waals surface area contributed by atoms with Gasteiger partial charge in [0.05, 0.1) is 0 Å². The third-order valence-corrected chi connectivity index (χ3v) is 3.75. The van der Waals surface area contributed by atoms with Crippen molar-refractivity contribution in [1.29, 1.82) is 0 Å². The molecule has 0 saturated carbocycles. The van der Waals surface area contributed by atoms with Crippen molar-refractivity contribution in [3.63, 3.8) is 0 Å². The standard InChI is InChI=1S/C12H14N2O3S/c1-12(2)9(15)13-11(17)14(10(12)16)5-3-8-4-6-18-7-8/h4,6-7H,3,5H2,1-2H3,(H,13,15,17). The minimum atomic E-state index is -1.18. The largest absolute Gasteiger partial charge is 0.330 e. The van der Waals surface area contributed by atoms with Gasteiger partial charge in [0, 0.05) is 6.54 Å². The van der Waals surface area contributed by atoms with E-state index in [-0.39, 0.29) is 6.54 Å². The summed E-state index contributed by atoms with van der Waals surface area (Å²) in [6.07, 6.45) is 0.604. The second-order valence-electron chi connectivity index (χ2n) is 4.72. The van der Waals surface area contributed by atoms with E-state index < -0.39 is 23.3 Å². The topological polar surface area (TPSA) is 66.5 Å². The molecule has 0 unspecified atom stereocenters. The van der Waals surface area contributed by atoms with Crippen molar-refractivity contribution in [3.8, 4) is 0 Å². The van der Waals surface area contributed by atoms with Gasteiger partial charge in [0.15, 0.2) is 0 Å². The molecule has 1 aromatic rings. The van der Waals surface area contributed by atoms with Crippen molar-refractivity contribution in [3.05, 3.63) is 22.4 Å². The van der Waals surface area contributed by atoms with Gasteiger partial charge in [-0.1, -0.05) is 0 Å². The Hall–Kier alpha value is -1.69. The van der Waals surface area contributed by atoms with E-state index in [1.807, 2.05) is 16.8 Å². The number of nitrogens with one attached hydrogen (secondary N) is 1. The molecule has 1 aromatic heterocycles. The van der Waals surface area contributed by atoms with Crippen molar-refractivity contribution in [2.75, 3.05) is 6.54 Å². The van der Waals surface area contributed by atoms with Gasteiger partial charge < -0.3 is 0 Å². The molecule has 0 aromatic carbocycles. The summed E-state index contributed by atoms with van der Waals surface area (Å²) >= 11 is 1.57. The highest BCUT2D eigenvalue weighted by molar-refractivity contribution is 7.07. The van der Waals surface area contributed by atoms with Gasteiger partial charge >= 0.3 is 6.03 Å². The zero-order chi connectivity index (χ0) is 13.3. The minimum Gasteiger partial charge on any atom is -0.277 e. The van der Waals surface area contributed by atoms with E-state index >= 15 is 0 Å². The Morgan fingerprint density at radius 3 is 2.67 bits per heavy atom. The highest BCUT2D eigenvalue weighted by Crippen LogP contribution is 2.23. The van der Waals surface area contributed by atoms with E-state index in [1.165, 1.54) is 13.8 Å². The molecule has 0 atom stereocenters. The molecule has 0 bridgehead atoms. The molecule has 4 amide bonds. The first kappa shape index (κ1) is 12.8. The Kier molecular flexibility index (Phi) is 3.21. The minimum absolute atomic E-state index is 0.290. The highest BCUT2D eigenvalue weighted by atomic mass is 32.1. The maximum absolute atomic E-state index is 12.1. The lowest BCUT2D eigenvalue weighted by Gasteiger charge is -2.34. The average molecular weight is 266 g/mol. The van der Waals surface area contributed by atoms with E-state index in [4.69, 9.17) is 0 Å². The third kappa shape index (κ3) is 2.15. The number of amides is 4. The van der Waals surface area contributed by atoms with Crippen molar-refractivity contribution in [1.82, 2.24) is 10.2 Å². The van der Waals surface area contributed by atoms with Crippen LogP contribution in [-0.2, 0) is 16.0 Å². The van der Waals surface area contributed by atoms with E-state index in [0.29, 0.717) is 6.42 Å². The summed E-state index contributed by atoms with van der Waals surface area (Å²) in [6.45, 7) is 3.33. The molecule has 1 aliphatic heterocycles. The number of barbiturate groups is 1. The number of hydrogen-bond acceptors (Lipinski definition) is 4. The van der Waals surface area contributed by atoms with E-state index in [1.54, 1.807) is 11.3 Å². The van der Waals surface area contributed by atoms with Gasteiger partial charge in [-0.3, -0.25) is 19.8 Å². The summed E-state index contributed by atoms with van der Waals surface area (Å²) in [4.78, 5) is 36.4. The number of thiophene rings is 1. The number of imide groups is 2. The number of carbonyl (C=O) groups excluding carboxylic acids is 3. The maximum Gasteiger partial charge on any atom is 0.330 e. The van der Waals surface area contributed by atoms with Crippen LogP contribution in [0.4, 0.5) is 4.79 Å². The fourth-order valence-corrected chi connectivity index (χ4v) is 2.43. The molecule has 0 aliphatic carbocycles.